The van der Waals surface area contributed by atoms with Crippen LogP contribution in [0.4, 0.5) is 19.0 Å². The Hall–Kier alpha value is -3.20. The first-order chi connectivity index (χ1) is 18.7. The van der Waals surface area contributed by atoms with Crippen molar-refractivity contribution in [2.75, 3.05) is 37.7 Å². The molecule has 2 fully saturated rings. The minimum atomic E-state index is -4.24. The van der Waals surface area contributed by atoms with E-state index in [0.29, 0.717) is 22.5 Å². The molecule has 0 atom stereocenters. The number of rotatable bonds is 6. The normalized spacial score (nSPS) is 17.7. The SMILES string of the molecule is Cc1c(CN2CCC3(CC2)CN(c2ncnc4sc(CC(F)(F)F)cc24)C3)ccc2c1cc(C#N)n2CCO. The molecule has 3 aromatic heterocycles. The van der Waals surface area contributed by atoms with Crippen LogP contribution in [-0.2, 0) is 19.5 Å². The molecule has 0 unspecified atom stereocenters. The van der Waals surface area contributed by atoms with Crippen molar-refractivity contribution in [2.45, 2.75) is 45.5 Å². The van der Waals surface area contributed by atoms with Gasteiger partial charge >= 0.3 is 6.18 Å². The molecule has 0 amide bonds. The van der Waals surface area contributed by atoms with Gasteiger partial charge < -0.3 is 14.6 Å². The first-order valence-corrected chi connectivity index (χ1v) is 13.9. The Labute approximate surface area is 228 Å². The molecule has 204 valence electrons. The van der Waals surface area contributed by atoms with Gasteiger partial charge in [0, 0.05) is 47.4 Å². The monoisotopic (exact) mass is 554 g/mol. The van der Waals surface area contributed by atoms with Gasteiger partial charge in [-0.25, -0.2) is 9.97 Å². The van der Waals surface area contributed by atoms with E-state index in [4.69, 9.17) is 0 Å². The molecule has 0 bridgehead atoms. The van der Waals surface area contributed by atoms with Gasteiger partial charge in [0.1, 0.15) is 28.7 Å². The fraction of sp³-hybridized carbons (Fsp3) is 0.464. The van der Waals surface area contributed by atoms with Crippen molar-refractivity contribution < 1.29 is 18.3 Å². The Kier molecular flexibility index (Phi) is 6.52. The van der Waals surface area contributed by atoms with E-state index in [-0.39, 0.29) is 16.9 Å². The number of hydrogen-bond donors (Lipinski definition) is 1. The average Bonchev–Trinajstić information content (AvgIpc) is 3.45. The Morgan fingerprint density at radius 3 is 2.59 bits per heavy atom. The third-order valence-corrected chi connectivity index (χ3v) is 9.34. The zero-order valence-electron chi connectivity index (χ0n) is 21.6. The Balaban J connectivity index is 1.11. The summed E-state index contributed by atoms with van der Waals surface area (Å²) in [5.41, 5.74) is 4.16. The highest BCUT2D eigenvalue weighted by atomic mass is 32.1. The summed E-state index contributed by atoms with van der Waals surface area (Å²) in [6, 6.07) is 9.95. The standard InChI is InChI=1S/C28H29F3N6OS/c1-18-19(2-3-24-22(18)10-20(13-32)37(24)8-9-38)14-35-6-4-27(5-7-35)15-36(16-27)25-23-11-21(12-28(29,30)31)39-26(23)34-17-33-25/h2-3,10-11,17,38H,4-9,12,14-16H2,1H3. The first kappa shape index (κ1) is 26.0. The van der Waals surface area contributed by atoms with Crippen LogP contribution in [0.5, 0.6) is 0 Å². The Morgan fingerprint density at radius 1 is 1.13 bits per heavy atom. The van der Waals surface area contributed by atoms with Crippen LogP contribution in [0.1, 0.15) is 34.5 Å². The molecular weight excluding hydrogens is 525 g/mol. The van der Waals surface area contributed by atoms with Crippen molar-refractivity contribution in [2.24, 2.45) is 5.41 Å². The maximum atomic E-state index is 12.9. The molecule has 1 spiro atoms. The zero-order valence-corrected chi connectivity index (χ0v) is 22.4. The molecule has 0 aliphatic carbocycles. The predicted octanol–water partition coefficient (Wildman–Crippen LogP) is 5.03. The molecule has 1 N–H and O–H groups in total. The van der Waals surface area contributed by atoms with Gasteiger partial charge in [-0.1, -0.05) is 6.07 Å². The number of aliphatic hydroxyl groups excluding tert-OH is 1. The van der Waals surface area contributed by atoms with Crippen LogP contribution >= 0.6 is 11.3 Å². The molecule has 5 heterocycles. The summed E-state index contributed by atoms with van der Waals surface area (Å²) in [4.78, 5) is 14.2. The molecule has 4 aromatic rings. The number of halogens is 3. The van der Waals surface area contributed by atoms with Crippen LogP contribution in [0, 0.1) is 23.7 Å². The number of anilines is 1. The summed E-state index contributed by atoms with van der Waals surface area (Å²) in [6.07, 6.45) is -1.59. The number of nitrogens with zero attached hydrogens (tertiary/aromatic N) is 6. The molecule has 0 radical (unpaired) electrons. The lowest BCUT2D eigenvalue weighted by Gasteiger charge is -2.54. The van der Waals surface area contributed by atoms with Crippen LogP contribution in [0.25, 0.3) is 21.1 Å². The van der Waals surface area contributed by atoms with E-state index in [9.17, 15) is 23.5 Å². The number of piperidine rings is 1. The van der Waals surface area contributed by atoms with Crippen LogP contribution < -0.4 is 4.90 Å². The molecule has 7 nitrogen and oxygen atoms in total. The van der Waals surface area contributed by atoms with Gasteiger partial charge in [-0.15, -0.1) is 11.3 Å². The number of aromatic nitrogens is 3. The van der Waals surface area contributed by atoms with Gasteiger partial charge in [0.2, 0.25) is 0 Å². The molecule has 11 heteroatoms. The van der Waals surface area contributed by atoms with Crippen molar-refractivity contribution in [3.63, 3.8) is 0 Å². The van der Waals surface area contributed by atoms with Crippen molar-refractivity contribution >= 4 is 38.3 Å². The Morgan fingerprint density at radius 2 is 1.90 bits per heavy atom. The predicted molar refractivity (Wildman–Crippen MR) is 145 cm³/mol. The molecular formula is C28H29F3N6OS. The first-order valence-electron chi connectivity index (χ1n) is 13.1. The van der Waals surface area contributed by atoms with Gasteiger partial charge in [-0.2, -0.15) is 18.4 Å². The highest BCUT2D eigenvalue weighted by molar-refractivity contribution is 7.18. The smallest absolute Gasteiger partial charge is 0.393 e. The Bertz CT molecular complexity index is 1570. The molecule has 39 heavy (non-hydrogen) atoms. The van der Waals surface area contributed by atoms with Crippen molar-refractivity contribution in [1.82, 2.24) is 19.4 Å². The fourth-order valence-electron chi connectivity index (χ4n) is 6.21. The number of alkyl halides is 3. The highest BCUT2D eigenvalue weighted by Crippen LogP contribution is 2.45. The second-order valence-electron chi connectivity index (χ2n) is 10.9. The maximum absolute atomic E-state index is 12.9. The molecule has 1 aromatic carbocycles. The summed E-state index contributed by atoms with van der Waals surface area (Å²) in [5, 5.41) is 20.7. The fourth-order valence-corrected chi connectivity index (χ4v) is 7.23. The molecule has 0 saturated carbocycles. The van der Waals surface area contributed by atoms with Crippen molar-refractivity contribution in [3.8, 4) is 6.07 Å². The van der Waals surface area contributed by atoms with E-state index in [1.54, 1.807) is 6.07 Å². The summed E-state index contributed by atoms with van der Waals surface area (Å²) < 4.78 is 40.6. The number of benzene rings is 1. The third kappa shape index (κ3) is 4.86. The number of thiophene rings is 1. The third-order valence-electron chi connectivity index (χ3n) is 8.30. The minimum Gasteiger partial charge on any atom is -0.395 e. The number of fused-ring (bicyclic) bond motifs is 2. The van der Waals surface area contributed by atoms with Crippen LogP contribution in [0.15, 0.2) is 30.6 Å². The van der Waals surface area contributed by atoms with Crippen molar-refractivity contribution in [1.29, 1.82) is 5.26 Å². The lowest BCUT2D eigenvalue weighted by atomic mass is 9.72. The van der Waals surface area contributed by atoms with Gasteiger partial charge in [-0.3, -0.25) is 4.90 Å². The molecule has 6 rings (SSSR count). The summed E-state index contributed by atoms with van der Waals surface area (Å²) in [6.45, 7) is 7.01. The number of aryl methyl sites for hydroxylation is 1. The van der Waals surface area contributed by atoms with E-state index in [1.807, 2.05) is 10.6 Å². The lowest BCUT2D eigenvalue weighted by Crippen LogP contribution is -2.60. The number of aliphatic hydroxyl groups is 1. The zero-order chi connectivity index (χ0) is 27.4. The van der Waals surface area contributed by atoms with E-state index in [0.717, 1.165) is 73.6 Å². The average molecular weight is 555 g/mol. The number of likely N-dealkylation sites (tertiary alicyclic amines) is 1. The largest absolute Gasteiger partial charge is 0.395 e. The van der Waals surface area contributed by atoms with E-state index < -0.39 is 12.6 Å². The number of hydrogen-bond acceptors (Lipinski definition) is 7. The van der Waals surface area contributed by atoms with Crippen LogP contribution in [0.2, 0.25) is 0 Å². The quantitative estimate of drug-likeness (QED) is 0.360. The lowest BCUT2D eigenvalue weighted by molar-refractivity contribution is -0.126. The highest BCUT2D eigenvalue weighted by Gasteiger charge is 2.45. The van der Waals surface area contributed by atoms with E-state index in [1.165, 1.54) is 17.5 Å². The summed E-state index contributed by atoms with van der Waals surface area (Å²) in [5.74, 6) is 0.742. The second kappa shape index (κ2) is 9.77. The molecule has 2 aliphatic rings. The van der Waals surface area contributed by atoms with Gasteiger partial charge in [0.05, 0.1) is 18.4 Å². The second-order valence-corrected chi connectivity index (χ2v) is 12.0. The summed E-state index contributed by atoms with van der Waals surface area (Å²) >= 11 is 1.09. The summed E-state index contributed by atoms with van der Waals surface area (Å²) in [7, 11) is 0. The van der Waals surface area contributed by atoms with Crippen LogP contribution in [-0.4, -0.2) is 63.5 Å². The van der Waals surface area contributed by atoms with Gasteiger partial charge in [0.25, 0.3) is 0 Å². The van der Waals surface area contributed by atoms with E-state index >= 15 is 0 Å². The molecule has 2 saturated heterocycles. The van der Waals surface area contributed by atoms with Crippen molar-refractivity contribution in [3.05, 3.63) is 52.3 Å². The minimum absolute atomic E-state index is 0.0132. The van der Waals surface area contributed by atoms with Gasteiger partial charge in [0.15, 0.2) is 0 Å². The topological polar surface area (TPSA) is 81.2 Å². The maximum Gasteiger partial charge on any atom is 0.393 e. The van der Waals surface area contributed by atoms with Gasteiger partial charge in [-0.05, 0) is 62.2 Å². The molecule has 2 aliphatic heterocycles. The number of nitriles is 1. The van der Waals surface area contributed by atoms with E-state index in [2.05, 4.69) is 44.9 Å². The van der Waals surface area contributed by atoms with Crippen LogP contribution in [0.3, 0.4) is 0 Å².